The van der Waals surface area contributed by atoms with Crippen LogP contribution in [0.15, 0.2) is 18.3 Å². The van der Waals surface area contributed by atoms with Gasteiger partial charge < -0.3 is 10.1 Å². The maximum Gasteiger partial charge on any atom is 0.163 e. The maximum absolute atomic E-state index is 8.78. The van der Waals surface area contributed by atoms with Crippen molar-refractivity contribution in [3.8, 4) is 6.07 Å². The summed E-state index contributed by atoms with van der Waals surface area (Å²) >= 11 is 0. The van der Waals surface area contributed by atoms with E-state index in [1.807, 2.05) is 19.1 Å². The van der Waals surface area contributed by atoms with Crippen molar-refractivity contribution in [1.82, 2.24) is 4.98 Å². The van der Waals surface area contributed by atoms with Crippen LogP contribution in [0.25, 0.3) is 0 Å². The summed E-state index contributed by atoms with van der Waals surface area (Å²) in [5.74, 6) is 0. The van der Waals surface area contributed by atoms with Gasteiger partial charge in [0.2, 0.25) is 0 Å². The average molecular weight is 191 g/mol. The normalized spacial score (nSPS) is 11.8. The first-order valence-electron chi connectivity index (χ1n) is 4.38. The van der Waals surface area contributed by atoms with Crippen LogP contribution in [0.3, 0.4) is 0 Å². The predicted octanol–water partition coefficient (Wildman–Crippen LogP) is 1.40. The SMILES string of the molecule is COCC(C)Nc1cccnc1C#N. The highest BCUT2D eigenvalue weighted by Gasteiger charge is 2.05. The lowest BCUT2D eigenvalue weighted by molar-refractivity contribution is 0.190. The predicted molar refractivity (Wildman–Crippen MR) is 53.9 cm³/mol. The molecule has 74 valence electrons. The molecule has 0 aliphatic carbocycles. The molecule has 14 heavy (non-hydrogen) atoms. The molecule has 1 aromatic rings. The largest absolute Gasteiger partial charge is 0.383 e. The Kier molecular flexibility index (Phi) is 3.89. The molecule has 0 amide bonds. The second kappa shape index (κ2) is 5.20. The molecule has 0 radical (unpaired) electrons. The summed E-state index contributed by atoms with van der Waals surface area (Å²) in [4.78, 5) is 3.95. The number of ether oxygens (including phenoxy) is 1. The van der Waals surface area contributed by atoms with Crippen LogP contribution in [0.5, 0.6) is 0 Å². The monoisotopic (exact) mass is 191 g/mol. The second-order valence-electron chi connectivity index (χ2n) is 3.01. The molecule has 1 unspecified atom stereocenters. The molecule has 0 saturated carbocycles. The van der Waals surface area contributed by atoms with Crippen molar-refractivity contribution in [2.45, 2.75) is 13.0 Å². The standard InChI is InChI=1S/C10H13N3O/c1-8(7-14-2)13-9-4-3-5-12-10(9)6-11/h3-5,8,13H,7H2,1-2H3. The smallest absolute Gasteiger partial charge is 0.163 e. The van der Waals surface area contributed by atoms with Crippen molar-refractivity contribution in [2.75, 3.05) is 19.0 Å². The zero-order valence-electron chi connectivity index (χ0n) is 8.32. The number of rotatable bonds is 4. The molecule has 0 spiro atoms. The third-order valence-electron chi connectivity index (χ3n) is 1.73. The van der Waals surface area contributed by atoms with E-state index in [9.17, 15) is 0 Å². The molecule has 4 nitrogen and oxygen atoms in total. The highest BCUT2D eigenvalue weighted by molar-refractivity contribution is 5.53. The number of methoxy groups -OCH3 is 1. The van der Waals surface area contributed by atoms with Gasteiger partial charge >= 0.3 is 0 Å². The van der Waals surface area contributed by atoms with E-state index < -0.39 is 0 Å². The van der Waals surface area contributed by atoms with E-state index in [1.54, 1.807) is 19.4 Å². The van der Waals surface area contributed by atoms with Crippen LogP contribution in [0.1, 0.15) is 12.6 Å². The Morgan fingerprint density at radius 1 is 1.71 bits per heavy atom. The van der Waals surface area contributed by atoms with Crippen molar-refractivity contribution in [3.63, 3.8) is 0 Å². The summed E-state index contributed by atoms with van der Waals surface area (Å²) < 4.78 is 4.98. The average Bonchev–Trinajstić information content (AvgIpc) is 2.19. The van der Waals surface area contributed by atoms with E-state index in [0.29, 0.717) is 12.3 Å². The molecule has 0 saturated heterocycles. The Morgan fingerprint density at radius 3 is 3.14 bits per heavy atom. The Hall–Kier alpha value is -1.60. The van der Waals surface area contributed by atoms with E-state index in [0.717, 1.165) is 5.69 Å². The first kappa shape index (κ1) is 10.5. The zero-order chi connectivity index (χ0) is 10.4. The summed E-state index contributed by atoms with van der Waals surface area (Å²) in [6.07, 6.45) is 1.60. The minimum absolute atomic E-state index is 0.163. The van der Waals surface area contributed by atoms with Gasteiger partial charge in [0.15, 0.2) is 5.69 Å². The number of nitrogens with zero attached hydrogens (tertiary/aromatic N) is 2. The molecule has 0 aromatic carbocycles. The van der Waals surface area contributed by atoms with Gasteiger partial charge in [-0.15, -0.1) is 0 Å². The fourth-order valence-electron chi connectivity index (χ4n) is 1.17. The van der Waals surface area contributed by atoms with Gasteiger partial charge in [-0.05, 0) is 19.1 Å². The summed E-state index contributed by atoms with van der Waals surface area (Å²) in [5.41, 5.74) is 1.16. The lowest BCUT2D eigenvalue weighted by Gasteiger charge is -2.14. The van der Waals surface area contributed by atoms with Gasteiger partial charge in [-0.25, -0.2) is 4.98 Å². The van der Waals surface area contributed by atoms with E-state index in [-0.39, 0.29) is 6.04 Å². The third-order valence-corrected chi connectivity index (χ3v) is 1.73. The molecular formula is C10H13N3O. The number of pyridine rings is 1. The fourth-order valence-corrected chi connectivity index (χ4v) is 1.17. The van der Waals surface area contributed by atoms with Gasteiger partial charge in [0.25, 0.3) is 0 Å². The van der Waals surface area contributed by atoms with Crippen LogP contribution >= 0.6 is 0 Å². The first-order chi connectivity index (χ1) is 6.77. The van der Waals surface area contributed by atoms with Crippen LogP contribution in [0.2, 0.25) is 0 Å². The van der Waals surface area contributed by atoms with Gasteiger partial charge in [0.1, 0.15) is 6.07 Å². The lowest BCUT2D eigenvalue weighted by Crippen LogP contribution is -2.21. The minimum atomic E-state index is 0.163. The molecule has 1 N–H and O–H groups in total. The fraction of sp³-hybridized carbons (Fsp3) is 0.400. The van der Waals surface area contributed by atoms with Crippen LogP contribution in [0, 0.1) is 11.3 Å². The number of nitriles is 1. The molecule has 1 atom stereocenters. The van der Waals surface area contributed by atoms with Crippen LogP contribution in [-0.2, 0) is 4.74 Å². The second-order valence-corrected chi connectivity index (χ2v) is 3.01. The van der Waals surface area contributed by atoms with Crippen molar-refractivity contribution in [3.05, 3.63) is 24.0 Å². The molecule has 0 aliphatic heterocycles. The Morgan fingerprint density at radius 2 is 2.50 bits per heavy atom. The number of anilines is 1. The summed E-state index contributed by atoms with van der Waals surface area (Å²) in [6.45, 7) is 2.58. The van der Waals surface area contributed by atoms with Crippen molar-refractivity contribution in [2.24, 2.45) is 0 Å². The topological polar surface area (TPSA) is 57.9 Å². The Bertz CT molecular complexity index is 332. The van der Waals surface area contributed by atoms with Gasteiger partial charge in [0, 0.05) is 19.3 Å². The Balaban J connectivity index is 2.71. The third kappa shape index (κ3) is 2.71. The molecule has 1 heterocycles. The zero-order valence-corrected chi connectivity index (χ0v) is 8.32. The highest BCUT2D eigenvalue weighted by atomic mass is 16.5. The minimum Gasteiger partial charge on any atom is -0.383 e. The van der Waals surface area contributed by atoms with E-state index in [4.69, 9.17) is 10.00 Å². The summed E-state index contributed by atoms with van der Waals surface area (Å²) in [6, 6.07) is 5.82. The first-order valence-corrected chi connectivity index (χ1v) is 4.38. The van der Waals surface area contributed by atoms with Crippen molar-refractivity contribution < 1.29 is 4.74 Å². The molecule has 1 rings (SSSR count). The molecule has 1 aromatic heterocycles. The Labute approximate surface area is 83.5 Å². The molecule has 0 aliphatic rings. The molecular weight excluding hydrogens is 178 g/mol. The number of hydrogen-bond acceptors (Lipinski definition) is 4. The van der Waals surface area contributed by atoms with E-state index in [2.05, 4.69) is 10.3 Å². The molecule has 0 fully saturated rings. The number of nitrogens with one attached hydrogen (secondary N) is 1. The van der Waals surface area contributed by atoms with E-state index >= 15 is 0 Å². The van der Waals surface area contributed by atoms with Crippen LogP contribution < -0.4 is 5.32 Å². The van der Waals surface area contributed by atoms with E-state index in [1.165, 1.54) is 0 Å². The summed E-state index contributed by atoms with van der Waals surface area (Å²) in [5, 5.41) is 11.9. The van der Waals surface area contributed by atoms with Crippen molar-refractivity contribution >= 4 is 5.69 Å². The highest BCUT2D eigenvalue weighted by Crippen LogP contribution is 2.11. The maximum atomic E-state index is 8.78. The van der Waals surface area contributed by atoms with Crippen LogP contribution in [0.4, 0.5) is 5.69 Å². The van der Waals surface area contributed by atoms with Gasteiger partial charge in [0.05, 0.1) is 12.3 Å². The molecule has 0 bridgehead atoms. The summed E-state index contributed by atoms with van der Waals surface area (Å²) in [7, 11) is 1.65. The van der Waals surface area contributed by atoms with Gasteiger partial charge in [-0.3, -0.25) is 0 Å². The van der Waals surface area contributed by atoms with Crippen LogP contribution in [-0.4, -0.2) is 24.7 Å². The quantitative estimate of drug-likeness (QED) is 0.781. The number of aromatic nitrogens is 1. The van der Waals surface area contributed by atoms with Crippen molar-refractivity contribution in [1.29, 1.82) is 5.26 Å². The number of hydrogen-bond donors (Lipinski definition) is 1. The van der Waals surface area contributed by atoms with Gasteiger partial charge in [-0.2, -0.15) is 5.26 Å². The lowest BCUT2D eigenvalue weighted by atomic mass is 10.2. The van der Waals surface area contributed by atoms with Gasteiger partial charge in [-0.1, -0.05) is 0 Å². The molecule has 4 heteroatoms.